The molecule has 0 saturated heterocycles. The molecule has 2 atom stereocenters. The number of halogens is 1. The molecule has 0 amide bonds. The van der Waals surface area contributed by atoms with Crippen LogP contribution in [-0.4, -0.2) is 32.6 Å². The highest BCUT2D eigenvalue weighted by Crippen LogP contribution is 2.48. The molecule has 1 aliphatic carbocycles. The standard InChI is InChI=1S/C28H28ClNO5/c1-5-12-35-28(32)25-16(2)30-22-13-18(17-6-8-19(29)9-7-17)14-23(31)27(22)26(25)21-15-20(33-3)10-11-24(21)34-4/h5-11,15,18,26,30H,1,12-14H2,2-4H3. The SMILES string of the molecule is C=CCOC(=O)C1=C(C)NC2=C(C(=O)CC(c3ccc(Cl)cc3)C2)C1c1cc(OC)ccc1OC. The van der Waals surface area contributed by atoms with Gasteiger partial charge in [-0.2, -0.15) is 0 Å². The van der Waals surface area contributed by atoms with Crippen LogP contribution < -0.4 is 14.8 Å². The van der Waals surface area contributed by atoms with E-state index in [9.17, 15) is 9.59 Å². The molecule has 0 spiro atoms. The molecule has 0 radical (unpaired) electrons. The van der Waals surface area contributed by atoms with Gasteiger partial charge in [0.25, 0.3) is 0 Å². The lowest BCUT2D eigenvalue weighted by molar-refractivity contribution is -0.138. The van der Waals surface area contributed by atoms with Gasteiger partial charge in [0.2, 0.25) is 0 Å². The maximum atomic E-state index is 13.7. The molecule has 6 nitrogen and oxygen atoms in total. The van der Waals surface area contributed by atoms with Gasteiger partial charge in [-0.1, -0.05) is 36.4 Å². The zero-order valence-electron chi connectivity index (χ0n) is 20.0. The molecular formula is C28H28ClNO5. The molecule has 1 N–H and O–H groups in total. The van der Waals surface area contributed by atoms with Crippen LogP contribution in [0.25, 0.3) is 0 Å². The lowest BCUT2D eigenvalue weighted by Gasteiger charge is -2.37. The van der Waals surface area contributed by atoms with Crippen LogP contribution in [0.2, 0.25) is 5.02 Å². The van der Waals surface area contributed by atoms with Gasteiger partial charge in [-0.3, -0.25) is 4.79 Å². The minimum Gasteiger partial charge on any atom is -0.497 e. The van der Waals surface area contributed by atoms with Gasteiger partial charge < -0.3 is 19.5 Å². The molecule has 35 heavy (non-hydrogen) atoms. The van der Waals surface area contributed by atoms with E-state index in [1.165, 1.54) is 6.08 Å². The van der Waals surface area contributed by atoms with E-state index in [0.29, 0.717) is 51.8 Å². The highest BCUT2D eigenvalue weighted by molar-refractivity contribution is 6.30. The molecule has 0 bridgehead atoms. The van der Waals surface area contributed by atoms with Crippen molar-refractivity contribution in [2.45, 2.75) is 31.6 Å². The number of hydrogen-bond acceptors (Lipinski definition) is 6. The van der Waals surface area contributed by atoms with Gasteiger partial charge in [-0.15, -0.1) is 0 Å². The number of esters is 1. The van der Waals surface area contributed by atoms with Gasteiger partial charge in [0, 0.05) is 34.0 Å². The summed E-state index contributed by atoms with van der Waals surface area (Å²) < 4.78 is 16.5. The van der Waals surface area contributed by atoms with Crippen molar-refractivity contribution < 1.29 is 23.8 Å². The zero-order valence-corrected chi connectivity index (χ0v) is 20.8. The predicted molar refractivity (Wildman–Crippen MR) is 135 cm³/mol. The first-order valence-corrected chi connectivity index (χ1v) is 11.7. The second kappa shape index (κ2) is 10.4. The fraction of sp³-hybridized carbons (Fsp3) is 0.286. The third kappa shape index (κ3) is 4.84. The minimum atomic E-state index is -0.660. The molecule has 0 aromatic heterocycles. The van der Waals surface area contributed by atoms with Gasteiger partial charge in [-0.25, -0.2) is 4.79 Å². The lowest BCUT2D eigenvalue weighted by Crippen LogP contribution is -2.36. The van der Waals surface area contributed by atoms with Crippen LogP contribution in [0.5, 0.6) is 11.5 Å². The summed E-state index contributed by atoms with van der Waals surface area (Å²) >= 11 is 6.06. The molecule has 7 heteroatoms. The van der Waals surface area contributed by atoms with Crippen LogP contribution in [0.4, 0.5) is 0 Å². The van der Waals surface area contributed by atoms with Crippen molar-refractivity contribution in [2.75, 3.05) is 20.8 Å². The molecule has 1 aliphatic heterocycles. The Kier molecular flexibility index (Phi) is 7.31. The van der Waals surface area contributed by atoms with E-state index in [0.717, 1.165) is 11.3 Å². The topological polar surface area (TPSA) is 73.9 Å². The number of ether oxygens (including phenoxy) is 3. The number of carbonyl (C=O) groups is 2. The first-order chi connectivity index (χ1) is 16.9. The summed E-state index contributed by atoms with van der Waals surface area (Å²) in [5.41, 5.74) is 4.08. The lowest BCUT2D eigenvalue weighted by atomic mass is 9.71. The highest BCUT2D eigenvalue weighted by atomic mass is 35.5. The van der Waals surface area contributed by atoms with Gasteiger partial charge in [0.05, 0.1) is 25.7 Å². The molecule has 2 unspecified atom stereocenters. The summed E-state index contributed by atoms with van der Waals surface area (Å²) in [6.07, 6.45) is 2.45. The van der Waals surface area contributed by atoms with E-state index in [-0.39, 0.29) is 18.3 Å². The fourth-order valence-corrected chi connectivity index (χ4v) is 4.99. The Morgan fingerprint density at radius 3 is 2.54 bits per heavy atom. The average molecular weight is 494 g/mol. The van der Waals surface area contributed by atoms with E-state index in [1.54, 1.807) is 26.4 Å². The van der Waals surface area contributed by atoms with Crippen LogP contribution >= 0.6 is 11.6 Å². The Hall–Kier alpha value is -3.51. The number of nitrogens with one attached hydrogen (secondary N) is 1. The number of dihydropyridines is 1. The second-order valence-electron chi connectivity index (χ2n) is 8.56. The number of methoxy groups -OCH3 is 2. The van der Waals surface area contributed by atoms with Crippen LogP contribution in [-0.2, 0) is 14.3 Å². The highest BCUT2D eigenvalue weighted by Gasteiger charge is 2.42. The maximum Gasteiger partial charge on any atom is 0.337 e. The molecule has 4 rings (SSSR count). The summed E-state index contributed by atoms with van der Waals surface area (Å²) in [5.74, 6) is -0.0495. The molecule has 182 valence electrons. The summed E-state index contributed by atoms with van der Waals surface area (Å²) in [5, 5.41) is 4.00. The normalized spacial score (nSPS) is 19.6. The van der Waals surface area contributed by atoms with Crippen LogP contribution in [0, 0.1) is 0 Å². The third-order valence-corrected chi connectivity index (χ3v) is 6.72. The summed E-state index contributed by atoms with van der Waals surface area (Å²) in [6, 6.07) is 13.0. The van der Waals surface area contributed by atoms with Crippen molar-refractivity contribution in [3.63, 3.8) is 0 Å². The second-order valence-corrected chi connectivity index (χ2v) is 9.00. The number of ketones is 1. The smallest absolute Gasteiger partial charge is 0.337 e. The van der Waals surface area contributed by atoms with Crippen LogP contribution in [0.3, 0.4) is 0 Å². The van der Waals surface area contributed by atoms with Crippen molar-refractivity contribution in [3.8, 4) is 11.5 Å². The Morgan fingerprint density at radius 2 is 1.89 bits per heavy atom. The predicted octanol–water partition coefficient (Wildman–Crippen LogP) is 5.45. The number of rotatable bonds is 7. The van der Waals surface area contributed by atoms with Crippen molar-refractivity contribution in [1.29, 1.82) is 0 Å². The Labute approximate surface area is 210 Å². The number of allylic oxidation sites excluding steroid dienone is 3. The first-order valence-electron chi connectivity index (χ1n) is 11.4. The number of hydrogen-bond donors (Lipinski definition) is 1. The van der Waals surface area contributed by atoms with Crippen LogP contribution in [0.15, 0.2) is 77.7 Å². The summed E-state index contributed by atoms with van der Waals surface area (Å²) in [7, 11) is 3.13. The van der Waals surface area contributed by atoms with E-state index < -0.39 is 11.9 Å². The molecule has 0 fully saturated rings. The monoisotopic (exact) mass is 493 g/mol. The van der Waals surface area contributed by atoms with Crippen molar-refractivity contribution in [3.05, 3.63) is 93.8 Å². The molecular weight excluding hydrogens is 466 g/mol. The molecule has 0 saturated carbocycles. The molecule has 2 aliphatic rings. The third-order valence-electron chi connectivity index (χ3n) is 6.47. The number of benzene rings is 2. The first kappa shape index (κ1) is 24.6. The van der Waals surface area contributed by atoms with E-state index in [1.807, 2.05) is 37.3 Å². The molecule has 2 aromatic rings. The summed E-state index contributed by atoms with van der Waals surface area (Å²) in [6.45, 7) is 5.52. The van der Waals surface area contributed by atoms with Crippen molar-refractivity contribution in [2.24, 2.45) is 0 Å². The summed E-state index contributed by atoms with van der Waals surface area (Å²) in [4.78, 5) is 26.9. The zero-order chi connectivity index (χ0) is 25.1. The Bertz CT molecular complexity index is 1230. The van der Waals surface area contributed by atoms with E-state index in [4.69, 9.17) is 25.8 Å². The largest absolute Gasteiger partial charge is 0.497 e. The quantitative estimate of drug-likeness (QED) is 0.408. The molecule has 1 heterocycles. The van der Waals surface area contributed by atoms with Crippen molar-refractivity contribution >= 4 is 23.4 Å². The van der Waals surface area contributed by atoms with E-state index >= 15 is 0 Å². The number of Topliss-reactive ketones (excluding diaryl/α,β-unsaturated/α-hetero) is 1. The number of carbonyl (C=O) groups excluding carboxylic acids is 2. The van der Waals surface area contributed by atoms with Gasteiger partial charge in [0.15, 0.2) is 5.78 Å². The van der Waals surface area contributed by atoms with Crippen LogP contribution in [0.1, 0.15) is 42.7 Å². The van der Waals surface area contributed by atoms with Crippen molar-refractivity contribution in [1.82, 2.24) is 5.32 Å². The Balaban J connectivity index is 1.85. The fourth-order valence-electron chi connectivity index (χ4n) is 4.87. The van der Waals surface area contributed by atoms with Gasteiger partial charge >= 0.3 is 5.97 Å². The maximum absolute atomic E-state index is 13.7. The minimum absolute atomic E-state index is 0.000869. The van der Waals surface area contributed by atoms with Gasteiger partial charge in [0.1, 0.15) is 18.1 Å². The average Bonchev–Trinajstić information content (AvgIpc) is 2.86. The molecule has 2 aromatic carbocycles. The van der Waals surface area contributed by atoms with E-state index in [2.05, 4.69) is 11.9 Å². The van der Waals surface area contributed by atoms with Gasteiger partial charge in [-0.05, 0) is 55.2 Å². The Morgan fingerprint density at radius 1 is 1.14 bits per heavy atom.